The number of hydrazine groups is 1. The molecule has 0 aliphatic heterocycles. The first-order valence-electron chi connectivity index (χ1n) is 7.26. The highest BCUT2D eigenvalue weighted by Crippen LogP contribution is 2.09. The van der Waals surface area contributed by atoms with Crippen molar-refractivity contribution in [3.63, 3.8) is 0 Å². The molecule has 24 heavy (non-hydrogen) atoms. The molecule has 0 bridgehead atoms. The highest BCUT2D eigenvalue weighted by atomic mass is 32.1. The highest BCUT2D eigenvalue weighted by Gasteiger charge is 2.13. The lowest BCUT2D eigenvalue weighted by atomic mass is 10.2. The molecule has 0 atom stereocenters. The molecule has 0 saturated carbocycles. The molecule has 0 unspecified atom stereocenters. The van der Waals surface area contributed by atoms with E-state index in [0.29, 0.717) is 5.69 Å². The summed E-state index contributed by atoms with van der Waals surface area (Å²) < 4.78 is 0. The van der Waals surface area contributed by atoms with Crippen molar-refractivity contribution < 1.29 is 9.59 Å². The quantitative estimate of drug-likeness (QED) is 0.382. The molecule has 0 aliphatic carbocycles. The first kappa shape index (κ1) is 17.4. The molecule has 2 aromatic carbocycles. The fourth-order valence-electron chi connectivity index (χ4n) is 1.88. The monoisotopic (exact) mass is 342 g/mol. The third-order valence-corrected chi connectivity index (χ3v) is 3.29. The predicted molar refractivity (Wildman–Crippen MR) is 98.5 cm³/mol. The third kappa shape index (κ3) is 5.36. The van der Waals surface area contributed by atoms with Crippen molar-refractivity contribution in [3.05, 3.63) is 59.7 Å². The average molecular weight is 342 g/mol. The lowest BCUT2D eigenvalue weighted by Gasteiger charge is -2.12. The Morgan fingerprint density at radius 1 is 0.792 bits per heavy atom. The standard InChI is InChI=1S/C17H18N4O2S/c1-11-6-8-13(9-7-11)18-15(22)16(23)20-21-17(24)19-14-5-3-4-12(2)10-14/h3-10H,1-2H3,(H,18,22)(H,20,23)(H2,19,21,24). The molecule has 2 aromatic rings. The van der Waals surface area contributed by atoms with E-state index in [1.807, 2.05) is 50.2 Å². The maximum atomic E-state index is 11.8. The van der Waals surface area contributed by atoms with Crippen LogP contribution in [0.4, 0.5) is 11.4 Å². The lowest BCUT2D eigenvalue weighted by molar-refractivity contribution is -0.136. The molecule has 0 heterocycles. The Hall–Kier alpha value is -2.93. The van der Waals surface area contributed by atoms with Crippen molar-refractivity contribution in [1.29, 1.82) is 0 Å². The van der Waals surface area contributed by atoms with Crippen LogP contribution in [0.5, 0.6) is 0 Å². The van der Waals surface area contributed by atoms with E-state index in [1.54, 1.807) is 12.1 Å². The average Bonchev–Trinajstić information content (AvgIpc) is 2.54. The SMILES string of the molecule is Cc1ccc(NC(=O)C(=O)NNC(=S)Nc2cccc(C)c2)cc1. The van der Waals surface area contributed by atoms with Gasteiger partial charge in [-0.15, -0.1) is 0 Å². The molecule has 0 aliphatic rings. The van der Waals surface area contributed by atoms with Gasteiger partial charge in [0.15, 0.2) is 5.11 Å². The Labute approximate surface area is 145 Å². The summed E-state index contributed by atoms with van der Waals surface area (Å²) in [7, 11) is 0. The van der Waals surface area contributed by atoms with E-state index >= 15 is 0 Å². The number of thiocarbonyl (C=S) groups is 1. The van der Waals surface area contributed by atoms with Crippen LogP contribution < -0.4 is 21.5 Å². The number of hydrogen-bond acceptors (Lipinski definition) is 3. The van der Waals surface area contributed by atoms with Gasteiger partial charge in [0.1, 0.15) is 0 Å². The van der Waals surface area contributed by atoms with Crippen LogP contribution in [0.2, 0.25) is 0 Å². The number of rotatable bonds is 2. The largest absolute Gasteiger partial charge is 0.331 e. The van der Waals surface area contributed by atoms with Crippen molar-refractivity contribution in [2.75, 3.05) is 10.6 Å². The van der Waals surface area contributed by atoms with Gasteiger partial charge in [-0.05, 0) is 55.9 Å². The van der Waals surface area contributed by atoms with Gasteiger partial charge >= 0.3 is 11.8 Å². The summed E-state index contributed by atoms with van der Waals surface area (Å²) in [5.74, 6) is -1.63. The minimum absolute atomic E-state index is 0.178. The van der Waals surface area contributed by atoms with Crippen LogP contribution in [0.15, 0.2) is 48.5 Å². The van der Waals surface area contributed by atoms with Gasteiger partial charge in [-0.1, -0.05) is 29.8 Å². The number of benzene rings is 2. The second-order valence-corrected chi connectivity index (χ2v) is 5.63. The maximum absolute atomic E-state index is 11.8. The van der Waals surface area contributed by atoms with E-state index < -0.39 is 11.8 Å². The predicted octanol–water partition coefficient (Wildman–Crippen LogP) is 2.26. The number of nitrogens with one attached hydrogen (secondary N) is 4. The zero-order valence-corrected chi connectivity index (χ0v) is 14.2. The number of amides is 2. The summed E-state index contributed by atoms with van der Waals surface area (Å²) in [5, 5.41) is 5.58. The maximum Gasteiger partial charge on any atom is 0.328 e. The zero-order chi connectivity index (χ0) is 17.5. The fraction of sp³-hybridized carbons (Fsp3) is 0.118. The van der Waals surface area contributed by atoms with Crippen molar-refractivity contribution in [3.8, 4) is 0 Å². The number of anilines is 2. The van der Waals surface area contributed by atoms with Crippen molar-refractivity contribution in [2.24, 2.45) is 0 Å². The first-order valence-corrected chi connectivity index (χ1v) is 7.66. The van der Waals surface area contributed by atoms with Gasteiger partial charge in [-0.25, -0.2) is 0 Å². The van der Waals surface area contributed by atoms with Crippen LogP contribution in [0, 0.1) is 13.8 Å². The van der Waals surface area contributed by atoms with E-state index in [9.17, 15) is 9.59 Å². The van der Waals surface area contributed by atoms with E-state index in [2.05, 4.69) is 21.5 Å². The Bertz CT molecular complexity index is 759. The van der Waals surface area contributed by atoms with Crippen LogP contribution in [0.1, 0.15) is 11.1 Å². The van der Waals surface area contributed by atoms with Crippen LogP contribution >= 0.6 is 12.2 Å². The summed E-state index contributed by atoms with van der Waals surface area (Å²) in [6.45, 7) is 3.89. The number of hydrogen-bond donors (Lipinski definition) is 4. The summed E-state index contributed by atoms with van der Waals surface area (Å²) in [6.07, 6.45) is 0. The van der Waals surface area contributed by atoms with Crippen molar-refractivity contribution in [2.45, 2.75) is 13.8 Å². The van der Waals surface area contributed by atoms with Gasteiger partial charge in [0, 0.05) is 11.4 Å². The smallest absolute Gasteiger partial charge is 0.328 e. The Kier molecular flexibility index (Phi) is 5.86. The molecule has 2 rings (SSSR count). The molecule has 0 saturated heterocycles. The van der Waals surface area contributed by atoms with Gasteiger partial charge in [0.25, 0.3) is 0 Å². The minimum Gasteiger partial charge on any atom is -0.331 e. The van der Waals surface area contributed by atoms with Gasteiger partial charge in [0.05, 0.1) is 0 Å². The Morgan fingerprint density at radius 3 is 2.17 bits per heavy atom. The van der Waals surface area contributed by atoms with Crippen LogP contribution in [0.25, 0.3) is 0 Å². The van der Waals surface area contributed by atoms with Gasteiger partial charge < -0.3 is 10.6 Å². The van der Waals surface area contributed by atoms with E-state index in [4.69, 9.17) is 12.2 Å². The summed E-state index contributed by atoms with van der Waals surface area (Å²) in [4.78, 5) is 23.5. The molecular formula is C17H18N4O2S. The summed E-state index contributed by atoms with van der Waals surface area (Å²) >= 11 is 5.06. The van der Waals surface area contributed by atoms with Crippen molar-refractivity contribution >= 4 is 40.5 Å². The molecule has 0 aromatic heterocycles. The molecule has 0 radical (unpaired) electrons. The van der Waals surface area contributed by atoms with Gasteiger partial charge in [-0.3, -0.25) is 20.4 Å². The van der Waals surface area contributed by atoms with Crippen LogP contribution in [-0.4, -0.2) is 16.9 Å². The van der Waals surface area contributed by atoms with Crippen LogP contribution in [-0.2, 0) is 9.59 Å². The Morgan fingerprint density at radius 2 is 1.50 bits per heavy atom. The zero-order valence-electron chi connectivity index (χ0n) is 13.3. The number of carbonyl (C=O) groups is 2. The summed E-state index contributed by atoms with van der Waals surface area (Å²) in [6, 6.07) is 14.7. The van der Waals surface area contributed by atoms with E-state index in [0.717, 1.165) is 16.8 Å². The Balaban J connectivity index is 1.80. The third-order valence-electron chi connectivity index (χ3n) is 3.08. The molecule has 0 fully saturated rings. The molecule has 6 nitrogen and oxygen atoms in total. The molecule has 7 heteroatoms. The molecule has 124 valence electrons. The molecular weight excluding hydrogens is 324 g/mol. The summed E-state index contributed by atoms with van der Waals surface area (Å²) in [5.41, 5.74) is 8.19. The highest BCUT2D eigenvalue weighted by molar-refractivity contribution is 7.80. The number of aryl methyl sites for hydroxylation is 2. The fourth-order valence-corrected chi connectivity index (χ4v) is 2.05. The van der Waals surface area contributed by atoms with Gasteiger partial charge in [0.2, 0.25) is 0 Å². The number of carbonyl (C=O) groups excluding carboxylic acids is 2. The second-order valence-electron chi connectivity index (χ2n) is 5.22. The molecule has 0 spiro atoms. The molecule has 4 N–H and O–H groups in total. The topological polar surface area (TPSA) is 82.3 Å². The van der Waals surface area contributed by atoms with E-state index in [-0.39, 0.29) is 5.11 Å². The van der Waals surface area contributed by atoms with Crippen molar-refractivity contribution in [1.82, 2.24) is 10.9 Å². The normalized spacial score (nSPS) is 9.75. The second kappa shape index (κ2) is 8.07. The van der Waals surface area contributed by atoms with Gasteiger partial charge in [-0.2, -0.15) is 0 Å². The molecule has 2 amide bonds. The van der Waals surface area contributed by atoms with E-state index in [1.165, 1.54) is 0 Å². The lowest BCUT2D eigenvalue weighted by Crippen LogP contribution is -2.48. The van der Waals surface area contributed by atoms with Crippen LogP contribution in [0.3, 0.4) is 0 Å². The first-order chi connectivity index (χ1) is 11.4. The minimum atomic E-state index is -0.844.